The van der Waals surface area contributed by atoms with Gasteiger partial charge in [0.25, 0.3) is 0 Å². The Hall–Kier alpha value is -0.680. The molecule has 62 valence electrons. The highest BCUT2D eigenvalue weighted by Gasteiger charge is 2.01. The van der Waals surface area contributed by atoms with Crippen LogP contribution in [0, 0.1) is 0 Å². The predicted octanol–water partition coefficient (Wildman–Crippen LogP) is 0.323. The molecule has 0 spiro atoms. The van der Waals surface area contributed by atoms with Crippen LogP contribution in [0.5, 0.6) is 0 Å². The number of nitrogens with two attached hydrogens (primary N) is 1. The normalized spacial score (nSPS) is 10.0. The Bertz CT molecular complexity index is 186. The molecule has 5 heteroatoms. The molecule has 0 bridgehead atoms. The molecule has 0 unspecified atom stereocenters. The van der Waals surface area contributed by atoms with Gasteiger partial charge in [0, 0.05) is 25.1 Å². The van der Waals surface area contributed by atoms with E-state index >= 15 is 0 Å². The van der Waals surface area contributed by atoms with E-state index in [1.54, 1.807) is 6.33 Å². The lowest BCUT2D eigenvalue weighted by atomic mass is 10.4. The fraction of sp³-hybridized carbons (Fsp3) is 0.667. The molecule has 1 heterocycles. The van der Waals surface area contributed by atoms with Gasteiger partial charge in [-0.3, -0.25) is 0 Å². The Morgan fingerprint density at radius 1 is 1.73 bits per heavy atom. The maximum Gasteiger partial charge on any atom is 0.204 e. The molecule has 0 amide bonds. The summed E-state index contributed by atoms with van der Waals surface area (Å²) in [7, 11) is 2.00. The number of rotatable bonds is 4. The second-order valence-electron chi connectivity index (χ2n) is 2.29. The lowest BCUT2D eigenvalue weighted by Crippen LogP contribution is -2.20. The lowest BCUT2D eigenvalue weighted by Gasteiger charge is -2.13. The predicted molar refractivity (Wildman–Crippen MR) is 46.9 cm³/mol. The molecule has 0 fully saturated rings. The summed E-state index contributed by atoms with van der Waals surface area (Å²) in [5.74, 6) is 0. The van der Waals surface area contributed by atoms with Gasteiger partial charge in [-0.25, -0.2) is 4.98 Å². The highest BCUT2D eigenvalue weighted by atomic mass is 32.1. The summed E-state index contributed by atoms with van der Waals surface area (Å²) in [6, 6.07) is 0. The van der Waals surface area contributed by atoms with Crippen molar-refractivity contribution in [3.63, 3.8) is 0 Å². The van der Waals surface area contributed by atoms with Crippen molar-refractivity contribution in [1.82, 2.24) is 9.36 Å². The molecule has 4 nitrogen and oxygen atoms in total. The van der Waals surface area contributed by atoms with Crippen molar-refractivity contribution in [3.05, 3.63) is 6.33 Å². The molecule has 1 rings (SSSR count). The zero-order chi connectivity index (χ0) is 8.10. The SMILES string of the molecule is CN(CCCN)c1ncns1. The molecular formula is C6H12N4S. The van der Waals surface area contributed by atoms with E-state index in [2.05, 4.69) is 14.3 Å². The van der Waals surface area contributed by atoms with E-state index in [-0.39, 0.29) is 0 Å². The van der Waals surface area contributed by atoms with Crippen LogP contribution in [-0.2, 0) is 0 Å². The van der Waals surface area contributed by atoms with Crippen LogP contribution in [0.25, 0.3) is 0 Å². The highest BCUT2D eigenvalue weighted by Crippen LogP contribution is 2.11. The first-order valence-corrected chi connectivity index (χ1v) is 4.30. The standard InChI is InChI=1S/C6H12N4S/c1-10(4-2-3-7)6-8-5-9-11-6/h5H,2-4,7H2,1H3. The number of hydrogen-bond acceptors (Lipinski definition) is 5. The Kier molecular flexibility index (Phi) is 3.25. The first-order valence-electron chi connectivity index (χ1n) is 3.52. The van der Waals surface area contributed by atoms with Crippen molar-refractivity contribution in [1.29, 1.82) is 0 Å². The van der Waals surface area contributed by atoms with Crippen LogP contribution in [0.1, 0.15) is 6.42 Å². The molecule has 0 saturated heterocycles. The van der Waals surface area contributed by atoms with Crippen molar-refractivity contribution < 1.29 is 0 Å². The van der Waals surface area contributed by atoms with E-state index in [0.717, 1.165) is 24.6 Å². The Morgan fingerprint density at radius 3 is 3.09 bits per heavy atom. The summed E-state index contributed by atoms with van der Waals surface area (Å²) in [5.41, 5.74) is 5.37. The van der Waals surface area contributed by atoms with Crippen molar-refractivity contribution in [2.75, 3.05) is 25.0 Å². The monoisotopic (exact) mass is 172 g/mol. The van der Waals surface area contributed by atoms with Gasteiger partial charge < -0.3 is 10.6 Å². The van der Waals surface area contributed by atoms with Gasteiger partial charge in [0.05, 0.1) is 0 Å². The Labute approximate surface area is 70.2 Å². The first kappa shape index (κ1) is 8.42. The van der Waals surface area contributed by atoms with Crippen molar-refractivity contribution in [3.8, 4) is 0 Å². The third kappa shape index (κ3) is 2.44. The molecule has 0 aliphatic rings. The van der Waals surface area contributed by atoms with Gasteiger partial charge in [0.2, 0.25) is 5.13 Å². The fourth-order valence-corrected chi connectivity index (χ4v) is 1.27. The first-order chi connectivity index (χ1) is 5.34. The minimum Gasteiger partial charge on any atom is -0.350 e. The molecule has 0 radical (unpaired) electrons. The fourth-order valence-electron chi connectivity index (χ4n) is 0.760. The zero-order valence-corrected chi connectivity index (χ0v) is 7.34. The highest BCUT2D eigenvalue weighted by molar-refractivity contribution is 7.09. The average Bonchev–Trinajstić information content (AvgIpc) is 2.52. The van der Waals surface area contributed by atoms with Crippen LogP contribution in [-0.4, -0.2) is 29.5 Å². The van der Waals surface area contributed by atoms with E-state index in [1.165, 1.54) is 11.5 Å². The molecule has 1 aromatic rings. The Morgan fingerprint density at radius 2 is 2.55 bits per heavy atom. The maximum absolute atomic E-state index is 5.37. The van der Waals surface area contributed by atoms with Crippen molar-refractivity contribution in [2.45, 2.75) is 6.42 Å². The van der Waals surface area contributed by atoms with Gasteiger partial charge in [-0.2, -0.15) is 4.37 Å². The van der Waals surface area contributed by atoms with Gasteiger partial charge in [-0.05, 0) is 13.0 Å². The zero-order valence-electron chi connectivity index (χ0n) is 6.53. The lowest BCUT2D eigenvalue weighted by molar-refractivity contribution is 0.793. The summed E-state index contributed by atoms with van der Waals surface area (Å²) < 4.78 is 3.91. The molecule has 0 aliphatic carbocycles. The molecule has 0 atom stereocenters. The smallest absolute Gasteiger partial charge is 0.204 e. The largest absolute Gasteiger partial charge is 0.350 e. The van der Waals surface area contributed by atoms with E-state index in [9.17, 15) is 0 Å². The van der Waals surface area contributed by atoms with Crippen LogP contribution in [0.15, 0.2) is 6.33 Å². The van der Waals surface area contributed by atoms with E-state index in [1.807, 2.05) is 7.05 Å². The maximum atomic E-state index is 5.37. The van der Waals surface area contributed by atoms with Gasteiger partial charge in [0.1, 0.15) is 6.33 Å². The van der Waals surface area contributed by atoms with Gasteiger partial charge in [-0.1, -0.05) is 0 Å². The second kappa shape index (κ2) is 4.25. The number of anilines is 1. The number of aromatic nitrogens is 2. The molecular weight excluding hydrogens is 160 g/mol. The third-order valence-electron chi connectivity index (χ3n) is 1.37. The summed E-state index contributed by atoms with van der Waals surface area (Å²) >= 11 is 1.41. The minimum atomic E-state index is 0.725. The molecule has 0 saturated carbocycles. The Balaban J connectivity index is 2.36. The number of hydrogen-bond donors (Lipinski definition) is 1. The van der Waals surface area contributed by atoms with E-state index in [4.69, 9.17) is 5.73 Å². The second-order valence-corrected chi connectivity index (χ2v) is 3.05. The molecule has 2 N–H and O–H groups in total. The summed E-state index contributed by atoms with van der Waals surface area (Å²) in [6.07, 6.45) is 2.56. The molecule has 11 heavy (non-hydrogen) atoms. The van der Waals surface area contributed by atoms with Gasteiger partial charge in [0.15, 0.2) is 0 Å². The van der Waals surface area contributed by atoms with Crippen molar-refractivity contribution >= 4 is 16.7 Å². The van der Waals surface area contributed by atoms with E-state index in [0.29, 0.717) is 0 Å². The van der Waals surface area contributed by atoms with Crippen LogP contribution in [0.2, 0.25) is 0 Å². The van der Waals surface area contributed by atoms with Gasteiger partial charge >= 0.3 is 0 Å². The summed E-state index contributed by atoms with van der Waals surface area (Å²) in [6.45, 7) is 1.68. The van der Waals surface area contributed by atoms with Crippen molar-refractivity contribution in [2.24, 2.45) is 5.73 Å². The number of nitrogens with zero attached hydrogens (tertiary/aromatic N) is 3. The molecule has 1 aromatic heterocycles. The topological polar surface area (TPSA) is 55.0 Å². The summed E-state index contributed by atoms with van der Waals surface area (Å²) in [4.78, 5) is 6.12. The molecule has 0 aliphatic heterocycles. The van der Waals surface area contributed by atoms with E-state index < -0.39 is 0 Å². The van der Waals surface area contributed by atoms with Crippen LogP contribution < -0.4 is 10.6 Å². The van der Waals surface area contributed by atoms with Gasteiger partial charge in [-0.15, -0.1) is 0 Å². The quantitative estimate of drug-likeness (QED) is 0.710. The minimum absolute atomic E-state index is 0.725. The van der Waals surface area contributed by atoms with Crippen LogP contribution in [0.4, 0.5) is 5.13 Å². The van der Waals surface area contributed by atoms with Crippen LogP contribution in [0.3, 0.4) is 0 Å². The molecule has 0 aromatic carbocycles. The summed E-state index contributed by atoms with van der Waals surface area (Å²) in [5, 5.41) is 0.957. The average molecular weight is 172 g/mol. The van der Waals surface area contributed by atoms with Crippen LogP contribution >= 0.6 is 11.5 Å². The third-order valence-corrected chi connectivity index (χ3v) is 2.15.